The van der Waals surface area contributed by atoms with Crippen LogP contribution in [-0.4, -0.2) is 45.5 Å². The topological polar surface area (TPSA) is 70.4 Å². The number of nitrogens with zero attached hydrogens (tertiary/aromatic N) is 3. The molecule has 22 heavy (non-hydrogen) atoms. The molecule has 118 valence electrons. The van der Waals surface area contributed by atoms with Crippen molar-refractivity contribution in [1.82, 2.24) is 14.7 Å². The summed E-state index contributed by atoms with van der Waals surface area (Å²) in [6.45, 7) is 4.12. The van der Waals surface area contributed by atoms with Gasteiger partial charge >= 0.3 is 6.03 Å². The Kier molecular flexibility index (Phi) is 5.16. The Morgan fingerprint density at radius 1 is 1.41 bits per heavy atom. The van der Waals surface area contributed by atoms with Gasteiger partial charge in [-0.2, -0.15) is 5.10 Å². The lowest BCUT2D eigenvalue weighted by Gasteiger charge is -2.19. The normalized spacial score (nSPS) is 12.0. The van der Waals surface area contributed by atoms with Gasteiger partial charge < -0.3 is 15.3 Å². The van der Waals surface area contributed by atoms with Gasteiger partial charge in [-0.3, -0.25) is 0 Å². The van der Waals surface area contributed by atoms with Gasteiger partial charge in [0.1, 0.15) is 0 Å². The molecule has 0 bridgehead atoms. The van der Waals surface area contributed by atoms with E-state index in [2.05, 4.69) is 10.4 Å². The van der Waals surface area contributed by atoms with Gasteiger partial charge in [0.15, 0.2) is 0 Å². The quantitative estimate of drug-likeness (QED) is 0.891. The van der Waals surface area contributed by atoms with Crippen LogP contribution in [0.5, 0.6) is 0 Å². The summed E-state index contributed by atoms with van der Waals surface area (Å²) in [7, 11) is 1.71. The molecule has 1 heterocycles. The van der Waals surface area contributed by atoms with E-state index in [-0.39, 0.29) is 6.03 Å². The van der Waals surface area contributed by atoms with E-state index in [1.807, 2.05) is 43.5 Å². The number of aryl methyl sites for hydroxylation is 1. The molecule has 0 spiro atoms. The number of aromatic nitrogens is 2. The van der Waals surface area contributed by atoms with Crippen LogP contribution < -0.4 is 5.32 Å². The molecule has 6 heteroatoms. The second kappa shape index (κ2) is 7.09. The van der Waals surface area contributed by atoms with Crippen LogP contribution in [0.15, 0.2) is 36.5 Å². The molecule has 1 aromatic carbocycles. The summed E-state index contributed by atoms with van der Waals surface area (Å²) < 4.78 is 1.74. The number of benzene rings is 1. The predicted molar refractivity (Wildman–Crippen MR) is 86.2 cm³/mol. The van der Waals surface area contributed by atoms with Gasteiger partial charge in [-0.15, -0.1) is 0 Å². The fourth-order valence-corrected chi connectivity index (χ4v) is 2.02. The Morgan fingerprint density at radius 3 is 2.77 bits per heavy atom. The molecule has 1 unspecified atom stereocenters. The van der Waals surface area contributed by atoms with Gasteiger partial charge in [0.2, 0.25) is 0 Å². The van der Waals surface area contributed by atoms with E-state index in [1.165, 1.54) is 0 Å². The lowest BCUT2D eigenvalue weighted by atomic mass is 10.2. The van der Waals surface area contributed by atoms with Crippen molar-refractivity contribution in [2.75, 3.05) is 18.9 Å². The molecule has 0 aliphatic rings. The van der Waals surface area contributed by atoms with Crippen LogP contribution in [-0.2, 0) is 0 Å². The highest BCUT2D eigenvalue weighted by atomic mass is 16.3. The van der Waals surface area contributed by atoms with E-state index < -0.39 is 6.10 Å². The molecule has 2 amide bonds. The molecule has 2 aromatic rings. The van der Waals surface area contributed by atoms with Gasteiger partial charge in [0, 0.05) is 19.8 Å². The van der Waals surface area contributed by atoms with Crippen LogP contribution in [0.25, 0.3) is 5.69 Å². The molecule has 2 N–H and O–H groups in total. The maximum Gasteiger partial charge on any atom is 0.321 e. The van der Waals surface area contributed by atoms with Crippen molar-refractivity contribution < 1.29 is 9.90 Å². The highest BCUT2D eigenvalue weighted by molar-refractivity contribution is 5.91. The predicted octanol–water partition coefficient (Wildman–Crippen LogP) is 2.42. The molecule has 2 rings (SSSR count). The minimum atomic E-state index is -0.422. The van der Waals surface area contributed by atoms with Crippen LogP contribution in [0.4, 0.5) is 10.5 Å². The lowest BCUT2D eigenvalue weighted by molar-refractivity contribution is 0.167. The number of carbonyl (C=O) groups excluding carboxylic acids is 1. The third-order valence-electron chi connectivity index (χ3n) is 3.34. The number of aliphatic hydroxyl groups excluding tert-OH is 1. The number of anilines is 1. The van der Waals surface area contributed by atoms with Crippen LogP contribution in [0, 0.1) is 6.92 Å². The Morgan fingerprint density at radius 2 is 2.14 bits per heavy atom. The number of hydrogen-bond acceptors (Lipinski definition) is 3. The number of rotatable bonds is 5. The van der Waals surface area contributed by atoms with Crippen molar-refractivity contribution in [2.45, 2.75) is 26.4 Å². The smallest absolute Gasteiger partial charge is 0.321 e. The summed E-state index contributed by atoms with van der Waals surface area (Å²) in [5.74, 6) is 0. The SMILES string of the molecule is Cc1ccn(-c2ccccc2NC(=O)N(C)CCC(C)O)n1. The molecule has 0 saturated heterocycles. The number of carbonyl (C=O) groups is 1. The van der Waals surface area contributed by atoms with Gasteiger partial charge in [0.25, 0.3) is 0 Å². The first-order valence-electron chi connectivity index (χ1n) is 7.29. The number of aliphatic hydroxyl groups is 1. The number of hydrogen-bond donors (Lipinski definition) is 2. The van der Waals surface area contributed by atoms with E-state index in [9.17, 15) is 9.90 Å². The maximum absolute atomic E-state index is 12.2. The first-order chi connectivity index (χ1) is 10.5. The average molecular weight is 302 g/mol. The molecule has 0 radical (unpaired) electrons. The van der Waals surface area contributed by atoms with Crippen LogP contribution >= 0.6 is 0 Å². The van der Waals surface area contributed by atoms with Crippen molar-refractivity contribution in [3.63, 3.8) is 0 Å². The van der Waals surface area contributed by atoms with Crippen LogP contribution in [0.3, 0.4) is 0 Å². The van der Waals surface area contributed by atoms with Crippen LogP contribution in [0.2, 0.25) is 0 Å². The van der Waals surface area contributed by atoms with Gasteiger partial charge in [0.05, 0.1) is 23.2 Å². The molecular formula is C16H22N4O2. The van der Waals surface area contributed by atoms with Gasteiger partial charge in [-0.1, -0.05) is 12.1 Å². The zero-order chi connectivity index (χ0) is 16.1. The van der Waals surface area contributed by atoms with E-state index in [4.69, 9.17) is 0 Å². The number of urea groups is 1. The maximum atomic E-state index is 12.2. The number of nitrogens with one attached hydrogen (secondary N) is 1. The van der Waals surface area contributed by atoms with Gasteiger partial charge in [-0.05, 0) is 38.5 Å². The molecule has 1 aromatic heterocycles. The second-order valence-electron chi connectivity index (χ2n) is 5.41. The number of amides is 2. The fraction of sp³-hybridized carbons (Fsp3) is 0.375. The van der Waals surface area contributed by atoms with E-state index in [0.717, 1.165) is 11.4 Å². The molecule has 0 aliphatic carbocycles. The Labute approximate surface area is 130 Å². The second-order valence-corrected chi connectivity index (χ2v) is 5.41. The highest BCUT2D eigenvalue weighted by Crippen LogP contribution is 2.19. The minimum Gasteiger partial charge on any atom is -0.393 e. The molecule has 1 atom stereocenters. The Balaban J connectivity index is 2.11. The summed E-state index contributed by atoms with van der Waals surface area (Å²) >= 11 is 0. The highest BCUT2D eigenvalue weighted by Gasteiger charge is 2.12. The van der Waals surface area contributed by atoms with Crippen molar-refractivity contribution in [3.8, 4) is 5.69 Å². The lowest BCUT2D eigenvalue weighted by Crippen LogP contribution is -2.33. The Hall–Kier alpha value is -2.34. The molecule has 0 saturated carbocycles. The third kappa shape index (κ3) is 4.08. The van der Waals surface area contributed by atoms with Gasteiger partial charge in [-0.25, -0.2) is 9.48 Å². The average Bonchev–Trinajstić information content (AvgIpc) is 2.91. The van der Waals surface area contributed by atoms with Crippen molar-refractivity contribution in [2.24, 2.45) is 0 Å². The summed E-state index contributed by atoms with van der Waals surface area (Å²) in [5, 5.41) is 16.6. The van der Waals surface area contributed by atoms with Crippen molar-refractivity contribution in [3.05, 3.63) is 42.2 Å². The van der Waals surface area contributed by atoms with E-state index in [0.29, 0.717) is 18.7 Å². The monoisotopic (exact) mass is 302 g/mol. The molecule has 6 nitrogen and oxygen atoms in total. The largest absolute Gasteiger partial charge is 0.393 e. The zero-order valence-electron chi connectivity index (χ0n) is 13.2. The molecule has 0 fully saturated rings. The Bertz CT molecular complexity index is 637. The standard InChI is InChI=1S/C16H22N4O2/c1-12-8-11-20(18-12)15-7-5-4-6-14(15)17-16(22)19(3)10-9-13(2)21/h4-8,11,13,21H,9-10H2,1-3H3,(H,17,22). The zero-order valence-corrected chi connectivity index (χ0v) is 13.2. The van der Waals surface area contributed by atoms with Crippen molar-refractivity contribution >= 4 is 11.7 Å². The fourth-order valence-electron chi connectivity index (χ4n) is 2.02. The third-order valence-corrected chi connectivity index (χ3v) is 3.34. The number of para-hydroxylation sites is 2. The van der Waals surface area contributed by atoms with E-state index >= 15 is 0 Å². The first kappa shape index (κ1) is 16.0. The summed E-state index contributed by atoms with van der Waals surface area (Å²) in [6, 6.07) is 9.21. The first-order valence-corrected chi connectivity index (χ1v) is 7.29. The van der Waals surface area contributed by atoms with Crippen molar-refractivity contribution in [1.29, 1.82) is 0 Å². The summed E-state index contributed by atoms with van der Waals surface area (Å²) in [5.41, 5.74) is 2.42. The minimum absolute atomic E-state index is 0.211. The summed E-state index contributed by atoms with van der Waals surface area (Å²) in [6.07, 6.45) is 1.98. The van der Waals surface area contributed by atoms with Crippen LogP contribution in [0.1, 0.15) is 19.0 Å². The molecule has 0 aliphatic heterocycles. The summed E-state index contributed by atoms with van der Waals surface area (Å²) in [4.78, 5) is 13.8. The van der Waals surface area contributed by atoms with E-state index in [1.54, 1.807) is 23.6 Å². The molecular weight excluding hydrogens is 280 g/mol.